The molecule has 2 rings (SSSR count). The number of fused-ring (bicyclic) bond motifs is 1. The Morgan fingerprint density at radius 3 is 1.78 bits per heavy atom. The molecule has 0 aliphatic carbocycles. The van der Waals surface area contributed by atoms with E-state index in [1.54, 1.807) is 12.1 Å². The Bertz CT molecular complexity index is 847. The highest BCUT2D eigenvalue weighted by molar-refractivity contribution is 7.87. The van der Waals surface area contributed by atoms with Crippen LogP contribution in [0.4, 0.5) is 0 Å². The first-order chi connectivity index (χ1) is 15.4. The number of esters is 1. The van der Waals surface area contributed by atoms with Crippen molar-refractivity contribution in [3.63, 3.8) is 0 Å². The van der Waals surface area contributed by atoms with Gasteiger partial charge in [0, 0.05) is 0 Å². The average Bonchev–Trinajstić information content (AvgIpc) is 2.99. The number of benzene rings is 1. The fraction of sp³-hybridized carbons (Fsp3) is 0.609. The lowest BCUT2D eigenvalue weighted by molar-refractivity contribution is -0.140. The van der Waals surface area contributed by atoms with E-state index in [1.165, 1.54) is 57.1 Å². The van der Waals surface area contributed by atoms with E-state index in [9.17, 15) is 22.8 Å². The molecule has 0 saturated heterocycles. The van der Waals surface area contributed by atoms with Crippen LogP contribution in [0.5, 0.6) is 0 Å². The minimum absolute atomic E-state index is 0.0479. The molecule has 0 fully saturated rings. The van der Waals surface area contributed by atoms with Gasteiger partial charge in [0.2, 0.25) is 0 Å². The largest absolute Gasteiger partial charge is 0.465 e. The van der Waals surface area contributed by atoms with Crippen molar-refractivity contribution in [3.05, 3.63) is 35.4 Å². The SMILES string of the molecule is CCCCCCCCCCCCCOC(=O)CS(=O)(=O)ON1C(=O)c2ccccc2C1=O. The maximum atomic E-state index is 12.2. The highest BCUT2D eigenvalue weighted by Crippen LogP contribution is 2.23. The number of imide groups is 1. The molecule has 1 aliphatic rings. The monoisotopic (exact) mass is 467 g/mol. The van der Waals surface area contributed by atoms with Crippen LogP contribution in [0.15, 0.2) is 24.3 Å². The summed E-state index contributed by atoms with van der Waals surface area (Å²) in [7, 11) is -4.50. The molecule has 8 nitrogen and oxygen atoms in total. The highest BCUT2D eigenvalue weighted by Gasteiger charge is 2.40. The summed E-state index contributed by atoms with van der Waals surface area (Å²) in [6, 6.07) is 5.89. The highest BCUT2D eigenvalue weighted by atomic mass is 32.2. The van der Waals surface area contributed by atoms with Crippen LogP contribution in [0.25, 0.3) is 0 Å². The van der Waals surface area contributed by atoms with E-state index in [1.807, 2.05) is 0 Å². The van der Waals surface area contributed by atoms with Gasteiger partial charge in [0.05, 0.1) is 17.7 Å². The van der Waals surface area contributed by atoms with Crippen molar-refractivity contribution in [3.8, 4) is 0 Å². The van der Waals surface area contributed by atoms with E-state index in [2.05, 4.69) is 11.2 Å². The standard InChI is InChI=1S/C23H33NO7S/c1-2-3-4-5-6-7-8-9-10-11-14-17-30-21(25)18-32(28,29)31-24-22(26)19-15-12-13-16-20(19)23(24)27/h12-13,15-16H,2-11,14,17-18H2,1H3. The number of nitrogens with zero attached hydrogens (tertiary/aromatic N) is 1. The van der Waals surface area contributed by atoms with Crippen molar-refractivity contribution in [1.29, 1.82) is 0 Å². The van der Waals surface area contributed by atoms with E-state index < -0.39 is 33.7 Å². The van der Waals surface area contributed by atoms with Gasteiger partial charge in [-0.2, -0.15) is 8.42 Å². The van der Waals surface area contributed by atoms with E-state index >= 15 is 0 Å². The third-order valence-electron chi connectivity index (χ3n) is 5.25. The molecule has 0 atom stereocenters. The lowest BCUT2D eigenvalue weighted by Crippen LogP contribution is -2.35. The van der Waals surface area contributed by atoms with E-state index in [4.69, 9.17) is 4.74 Å². The fourth-order valence-corrected chi connectivity index (χ4v) is 4.30. The molecule has 1 aromatic carbocycles. The van der Waals surface area contributed by atoms with Crippen LogP contribution in [0, 0.1) is 0 Å². The summed E-state index contributed by atoms with van der Waals surface area (Å²) in [5, 5.41) is 0.164. The quantitative estimate of drug-likeness (QED) is 0.201. The lowest BCUT2D eigenvalue weighted by atomic mass is 10.1. The van der Waals surface area contributed by atoms with Crippen molar-refractivity contribution < 1.29 is 31.8 Å². The summed E-state index contributed by atoms with van der Waals surface area (Å²) in [5.41, 5.74) is 0.0959. The van der Waals surface area contributed by atoms with Gasteiger partial charge in [-0.15, -0.1) is 9.35 Å². The van der Waals surface area contributed by atoms with Crippen LogP contribution in [0.2, 0.25) is 0 Å². The number of carbonyl (C=O) groups is 3. The van der Waals surface area contributed by atoms with E-state index in [0.29, 0.717) is 6.42 Å². The van der Waals surface area contributed by atoms with Crippen molar-refractivity contribution in [2.24, 2.45) is 0 Å². The van der Waals surface area contributed by atoms with Gasteiger partial charge in [0.15, 0.2) is 5.75 Å². The third-order valence-corrected chi connectivity index (χ3v) is 6.22. The molecule has 1 aromatic rings. The van der Waals surface area contributed by atoms with Gasteiger partial charge in [0.25, 0.3) is 21.9 Å². The van der Waals surface area contributed by atoms with E-state index in [-0.39, 0.29) is 22.8 Å². The number of hydrogen-bond donors (Lipinski definition) is 0. The van der Waals surface area contributed by atoms with Crippen LogP contribution >= 0.6 is 0 Å². The van der Waals surface area contributed by atoms with Crippen LogP contribution in [-0.2, 0) is 23.9 Å². The molecule has 0 bridgehead atoms. The first-order valence-electron chi connectivity index (χ1n) is 11.4. The molecule has 1 heterocycles. The summed E-state index contributed by atoms with van der Waals surface area (Å²) in [5.74, 6) is -3.82. The first kappa shape index (κ1) is 26.0. The summed E-state index contributed by atoms with van der Waals surface area (Å²) in [6.45, 7) is 2.33. The maximum absolute atomic E-state index is 12.2. The Kier molecular flexibility index (Phi) is 10.8. The predicted octanol–water partition coefficient (Wildman–Crippen LogP) is 4.40. The smallest absolute Gasteiger partial charge is 0.323 e. The molecule has 1 aliphatic heterocycles. The van der Waals surface area contributed by atoms with Gasteiger partial charge >= 0.3 is 5.97 Å². The second kappa shape index (κ2) is 13.3. The Hall–Kier alpha value is -2.26. The van der Waals surface area contributed by atoms with Crippen molar-refractivity contribution in [2.45, 2.75) is 77.6 Å². The van der Waals surface area contributed by atoms with Gasteiger partial charge < -0.3 is 4.74 Å². The predicted molar refractivity (Wildman–Crippen MR) is 119 cm³/mol. The zero-order chi connectivity index (χ0) is 23.4. The van der Waals surface area contributed by atoms with Gasteiger partial charge in [-0.05, 0) is 18.6 Å². The summed E-state index contributed by atoms with van der Waals surface area (Å²) in [6.07, 6.45) is 12.7. The Labute approximate surface area is 190 Å². The van der Waals surface area contributed by atoms with Crippen molar-refractivity contribution >= 4 is 27.9 Å². The molecule has 9 heteroatoms. The first-order valence-corrected chi connectivity index (χ1v) is 13.0. The number of hydroxylamine groups is 2. The molecule has 0 saturated carbocycles. The van der Waals surface area contributed by atoms with Gasteiger partial charge in [-0.3, -0.25) is 14.4 Å². The van der Waals surface area contributed by atoms with Gasteiger partial charge in [-0.25, -0.2) is 0 Å². The maximum Gasteiger partial charge on any atom is 0.323 e. The second-order valence-electron chi connectivity index (χ2n) is 7.98. The molecule has 0 spiro atoms. The lowest BCUT2D eigenvalue weighted by Gasteiger charge is -2.12. The molecule has 0 unspecified atom stereocenters. The molecule has 0 radical (unpaired) electrons. The van der Waals surface area contributed by atoms with Crippen LogP contribution < -0.4 is 0 Å². The van der Waals surface area contributed by atoms with Crippen LogP contribution in [0.1, 0.15) is 98.3 Å². The zero-order valence-electron chi connectivity index (χ0n) is 18.7. The summed E-state index contributed by atoms with van der Waals surface area (Å²) >= 11 is 0. The van der Waals surface area contributed by atoms with Crippen molar-refractivity contribution in [1.82, 2.24) is 5.06 Å². The molecule has 32 heavy (non-hydrogen) atoms. The van der Waals surface area contributed by atoms with Crippen LogP contribution in [0.3, 0.4) is 0 Å². The number of rotatable bonds is 16. The molecule has 2 amide bonds. The van der Waals surface area contributed by atoms with Gasteiger partial charge in [-0.1, -0.05) is 83.3 Å². The molecule has 0 aromatic heterocycles. The molecular weight excluding hydrogens is 434 g/mol. The number of ether oxygens (including phenoxy) is 1. The van der Waals surface area contributed by atoms with Gasteiger partial charge in [0.1, 0.15) is 0 Å². The number of unbranched alkanes of at least 4 members (excludes halogenated alkanes) is 10. The third kappa shape index (κ3) is 8.35. The molecule has 178 valence electrons. The topological polar surface area (TPSA) is 107 Å². The minimum atomic E-state index is -4.50. The average molecular weight is 468 g/mol. The van der Waals surface area contributed by atoms with Crippen LogP contribution in [-0.4, -0.2) is 43.6 Å². The second-order valence-corrected chi connectivity index (χ2v) is 9.54. The normalized spacial score (nSPS) is 13.5. The number of hydrogen-bond acceptors (Lipinski definition) is 7. The summed E-state index contributed by atoms with van der Waals surface area (Å²) < 4.78 is 33.7. The van der Waals surface area contributed by atoms with Crippen molar-refractivity contribution in [2.75, 3.05) is 12.4 Å². The molecule has 0 N–H and O–H groups in total. The molecular formula is C23H33NO7S. The Morgan fingerprint density at radius 2 is 1.28 bits per heavy atom. The Morgan fingerprint density at radius 1 is 0.812 bits per heavy atom. The number of carbonyl (C=O) groups excluding carboxylic acids is 3. The summed E-state index contributed by atoms with van der Waals surface area (Å²) in [4.78, 5) is 36.2. The van der Waals surface area contributed by atoms with E-state index in [0.717, 1.165) is 19.3 Å². The number of amides is 2. The fourth-order valence-electron chi connectivity index (χ4n) is 3.51. The minimum Gasteiger partial charge on any atom is -0.465 e. The Balaban J connectivity index is 1.58. The zero-order valence-corrected chi connectivity index (χ0v) is 19.5.